The molecule has 0 aromatic heterocycles. The molecule has 0 saturated carbocycles. The maximum atomic E-state index is 13.2. The van der Waals surface area contributed by atoms with Gasteiger partial charge in [0, 0.05) is 0 Å². The van der Waals surface area contributed by atoms with E-state index >= 15 is 0 Å². The fourth-order valence-corrected chi connectivity index (χ4v) is 1.70. The molecule has 2 rings (SSSR count). The average molecular weight is 285 g/mol. The largest absolute Gasteiger partial charge is 0.490 e. The molecule has 0 heterocycles. The van der Waals surface area contributed by atoms with Gasteiger partial charge in [0.2, 0.25) is 0 Å². The fourth-order valence-electron chi connectivity index (χ4n) is 1.70. The van der Waals surface area contributed by atoms with E-state index in [9.17, 15) is 4.39 Å². The number of hydrogen-bond acceptors (Lipinski definition) is 3. The highest BCUT2D eigenvalue weighted by atomic mass is 19.1. The van der Waals surface area contributed by atoms with E-state index in [1.165, 1.54) is 12.1 Å². The van der Waals surface area contributed by atoms with Gasteiger partial charge in [0.1, 0.15) is 30.5 Å². The quantitative estimate of drug-likeness (QED) is 0.678. The number of benzene rings is 2. The van der Waals surface area contributed by atoms with E-state index in [-0.39, 0.29) is 12.4 Å². The van der Waals surface area contributed by atoms with Crippen molar-refractivity contribution in [3.63, 3.8) is 0 Å². The molecule has 0 aliphatic heterocycles. The van der Waals surface area contributed by atoms with Crippen molar-refractivity contribution in [3.8, 4) is 23.3 Å². The zero-order valence-electron chi connectivity index (χ0n) is 11.5. The van der Waals surface area contributed by atoms with Crippen LogP contribution in [0.3, 0.4) is 0 Å². The first kappa shape index (κ1) is 14.9. The molecule has 0 radical (unpaired) electrons. The van der Waals surface area contributed by atoms with Crippen LogP contribution in [0, 0.1) is 17.7 Å². The molecule has 21 heavy (non-hydrogen) atoms. The van der Waals surface area contributed by atoms with E-state index in [0.29, 0.717) is 24.5 Å². The summed E-state index contributed by atoms with van der Waals surface area (Å²) in [6.45, 7) is 0.954. The molecule has 4 heteroatoms. The summed E-state index contributed by atoms with van der Waals surface area (Å²) in [5.41, 5.74) is 5.81. The monoisotopic (exact) mass is 285 g/mol. The van der Waals surface area contributed by atoms with Crippen LogP contribution in [-0.2, 0) is 0 Å². The third kappa shape index (κ3) is 4.83. The van der Waals surface area contributed by atoms with Crippen LogP contribution in [-0.4, -0.2) is 19.8 Å². The van der Waals surface area contributed by atoms with Gasteiger partial charge in [-0.05, 0) is 30.3 Å². The number of nitrogens with two attached hydrogens (primary N) is 1. The Kier molecular flexibility index (Phi) is 5.62. The second kappa shape index (κ2) is 7.93. The zero-order valence-corrected chi connectivity index (χ0v) is 11.5. The van der Waals surface area contributed by atoms with E-state index in [0.717, 1.165) is 5.75 Å². The summed E-state index contributed by atoms with van der Waals surface area (Å²) in [5.74, 6) is 6.43. The number of ether oxygens (including phenoxy) is 2. The van der Waals surface area contributed by atoms with Crippen molar-refractivity contribution in [2.24, 2.45) is 5.73 Å². The summed E-state index contributed by atoms with van der Waals surface area (Å²) in [5, 5.41) is 0. The Morgan fingerprint density at radius 3 is 2.52 bits per heavy atom. The highest BCUT2D eigenvalue weighted by Gasteiger charge is 2.03. The van der Waals surface area contributed by atoms with E-state index in [2.05, 4.69) is 11.8 Å². The van der Waals surface area contributed by atoms with Crippen LogP contribution < -0.4 is 15.2 Å². The fraction of sp³-hybridized carbons (Fsp3) is 0.176. The van der Waals surface area contributed by atoms with Crippen LogP contribution in [0.2, 0.25) is 0 Å². The summed E-state index contributed by atoms with van der Waals surface area (Å²) in [4.78, 5) is 0. The van der Waals surface area contributed by atoms with E-state index in [4.69, 9.17) is 15.2 Å². The van der Waals surface area contributed by atoms with Crippen molar-refractivity contribution in [3.05, 3.63) is 59.9 Å². The van der Waals surface area contributed by atoms with Gasteiger partial charge in [-0.2, -0.15) is 0 Å². The van der Waals surface area contributed by atoms with E-state index in [1.807, 2.05) is 30.3 Å². The second-order valence-corrected chi connectivity index (χ2v) is 4.16. The third-order valence-electron chi connectivity index (χ3n) is 2.62. The smallest absolute Gasteiger partial charge is 0.135 e. The SMILES string of the molecule is NCC#Cc1cc(F)ccc1OCCOc1ccccc1. The van der Waals surface area contributed by atoms with E-state index in [1.54, 1.807) is 6.07 Å². The molecule has 0 amide bonds. The maximum Gasteiger partial charge on any atom is 0.135 e. The van der Waals surface area contributed by atoms with Gasteiger partial charge in [0.25, 0.3) is 0 Å². The van der Waals surface area contributed by atoms with Crippen molar-refractivity contribution in [1.29, 1.82) is 0 Å². The molecule has 0 atom stereocenters. The molecule has 2 N–H and O–H groups in total. The Morgan fingerprint density at radius 1 is 1.00 bits per heavy atom. The Bertz CT molecular complexity index is 632. The Hall–Kier alpha value is -2.51. The second-order valence-electron chi connectivity index (χ2n) is 4.16. The summed E-state index contributed by atoms with van der Waals surface area (Å²) in [6, 6.07) is 13.7. The summed E-state index contributed by atoms with van der Waals surface area (Å²) < 4.78 is 24.3. The van der Waals surface area contributed by atoms with Crippen LogP contribution in [0.15, 0.2) is 48.5 Å². The molecule has 2 aromatic rings. The zero-order chi connectivity index (χ0) is 14.9. The lowest BCUT2D eigenvalue weighted by molar-refractivity contribution is 0.216. The highest BCUT2D eigenvalue weighted by molar-refractivity contribution is 5.46. The van der Waals surface area contributed by atoms with Gasteiger partial charge in [-0.3, -0.25) is 0 Å². The van der Waals surface area contributed by atoms with Crippen LogP contribution >= 0.6 is 0 Å². The third-order valence-corrected chi connectivity index (χ3v) is 2.62. The average Bonchev–Trinajstić information content (AvgIpc) is 2.52. The van der Waals surface area contributed by atoms with Crippen molar-refractivity contribution in [2.75, 3.05) is 19.8 Å². The molecule has 0 spiro atoms. The molecular formula is C17H16FNO2. The molecule has 0 fully saturated rings. The standard InChI is InChI=1S/C17H16FNO2/c18-15-8-9-17(14(13-15)5-4-10-19)21-12-11-20-16-6-2-1-3-7-16/h1-3,6-9,13H,10-12,19H2. The number of para-hydroxylation sites is 1. The predicted octanol–water partition coefficient (Wildman–Crippen LogP) is 2.59. The van der Waals surface area contributed by atoms with Crippen molar-refractivity contribution >= 4 is 0 Å². The number of hydrogen-bond donors (Lipinski definition) is 1. The lowest BCUT2D eigenvalue weighted by Crippen LogP contribution is -2.09. The van der Waals surface area contributed by atoms with Gasteiger partial charge in [0.05, 0.1) is 12.1 Å². The topological polar surface area (TPSA) is 44.5 Å². The number of rotatable bonds is 5. The summed E-state index contributed by atoms with van der Waals surface area (Å²) >= 11 is 0. The molecule has 0 bridgehead atoms. The molecule has 2 aromatic carbocycles. The normalized spacial score (nSPS) is 9.62. The number of halogens is 1. The van der Waals surface area contributed by atoms with Gasteiger partial charge >= 0.3 is 0 Å². The Labute approximate surface area is 123 Å². The molecule has 0 aliphatic carbocycles. The first-order valence-corrected chi connectivity index (χ1v) is 6.59. The van der Waals surface area contributed by atoms with Crippen LogP contribution in [0.25, 0.3) is 0 Å². The molecule has 0 aliphatic rings. The highest BCUT2D eigenvalue weighted by Crippen LogP contribution is 2.18. The maximum absolute atomic E-state index is 13.2. The van der Waals surface area contributed by atoms with Gasteiger partial charge in [0.15, 0.2) is 0 Å². The minimum absolute atomic E-state index is 0.215. The Morgan fingerprint density at radius 2 is 1.76 bits per heavy atom. The molecule has 0 saturated heterocycles. The van der Waals surface area contributed by atoms with Crippen molar-refractivity contribution in [2.45, 2.75) is 0 Å². The minimum atomic E-state index is -0.357. The molecule has 108 valence electrons. The van der Waals surface area contributed by atoms with Gasteiger partial charge < -0.3 is 15.2 Å². The summed E-state index contributed by atoms with van der Waals surface area (Å²) in [6.07, 6.45) is 0. The van der Waals surface area contributed by atoms with Gasteiger partial charge in [-0.25, -0.2) is 4.39 Å². The lowest BCUT2D eigenvalue weighted by atomic mass is 10.2. The van der Waals surface area contributed by atoms with Gasteiger partial charge in [-0.1, -0.05) is 30.0 Å². The predicted molar refractivity (Wildman–Crippen MR) is 79.8 cm³/mol. The Balaban J connectivity index is 1.91. The van der Waals surface area contributed by atoms with E-state index < -0.39 is 0 Å². The van der Waals surface area contributed by atoms with Crippen LogP contribution in [0.1, 0.15) is 5.56 Å². The minimum Gasteiger partial charge on any atom is -0.490 e. The first-order valence-electron chi connectivity index (χ1n) is 6.59. The first-order chi connectivity index (χ1) is 10.3. The van der Waals surface area contributed by atoms with Crippen molar-refractivity contribution < 1.29 is 13.9 Å². The molecular weight excluding hydrogens is 269 g/mol. The molecule has 3 nitrogen and oxygen atoms in total. The van der Waals surface area contributed by atoms with Crippen LogP contribution in [0.4, 0.5) is 4.39 Å². The van der Waals surface area contributed by atoms with Gasteiger partial charge in [-0.15, -0.1) is 0 Å². The molecule has 0 unspecified atom stereocenters. The lowest BCUT2D eigenvalue weighted by Gasteiger charge is -2.09. The summed E-state index contributed by atoms with van der Waals surface area (Å²) in [7, 11) is 0. The van der Waals surface area contributed by atoms with Crippen LogP contribution in [0.5, 0.6) is 11.5 Å². The van der Waals surface area contributed by atoms with Crippen molar-refractivity contribution in [1.82, 2.24) is 0 Å².